The highest BCUT2D eigenvalue weighted by Gasteiger charge is 2.38. The van der Waals surface area contributed by atoms with Gasteiger partial charge < -0.3 is 10.3 Å². The third-order valence-electron chi connectivity index (χ3n) is 5.52. The maximum absolute atomic E-state index is 6.51. The minimum atomic E-state index is -0.374. The van der Waals surface area contributed by atoms with Crippen molar-refractivity contribution in [2.75, 3.05) is 0 Å². The first kappa shape index (κ1) is 14.1. The molecule has 2 atom stereocenters. The molecule has 3 rings (SSSR count). The highest BCUT2D eigenvalue weighted by Crippen LogP contribution is 2.40. The van der Waals surface area contributed by atoms with Crippen LogP contribution in [-0.4, -0.2) is 10.1 Å². The lowest BCUT2D eigenvalue weighted by atomic mass is 9.78. The molecule has 0 bridgehead atoms. The Morgan fingerprint density at radius 2 is 2.00 bits per heavy atom. The monoisotopic (exact) mass is 277 g/mol. The molecule has 2 aliphatic carbocycles. The van der Waals surface area contributed by atoms with E-state index in [1.165, 1.54) is 25.7 Å². The molecule has 0 aromatic carbocycles. The molecule has 2 saturated carbocycles. The van der Waals surface area contributed by atoms with Gasteiger partial charge in [0.25, 0.3) is 0 Å². The van der Waals surface area contributed by atoms with E-state index in [0.29, 0.717) is 11.8 Å². The summed E-state index contributed by atoms with van der Waals surface area (Å²) in [4.78, 5) is 4.68. The van der Waals surface area contributed by atoms with Crippen molar-refractivity contribution in [3.63, 3.8) is 0 Å². The van der Waals surface area contributed by atoms with Crippen LogP contribution in [0.5, 0.6) is 0 Å². The van der Waals surface area contributed by atoms with Crippen LogP contribution in [-0.2, 0) is 5.54 Å². The molecule has 2 N–H and O–H groups in total. The van der Waals surface area contributed by atoms with Crippen LogP contribution >= 0.6 is 0 Å². The lowest BCUT2D eigenvalue weighted by Crippen LogP contribution is -2.40. The Kier molecular flexibility index (Phi) is 3.85. The molecular formula is C16H27N3O. The summed E-state index contributed by atoms with van der Waals surface area (Å²) in [6.07, 6.45) is 9.24. The van der Waals surface area contributed by atoms with E-state index in [9.17, 15) is 0 Å². The standard InChI is InChI=1S/C16H27N3O/c1-3-12-4-5-13(10-12)14-18-15(20-19-14)16(17)8-6-11(2)7-9-16/h11-13H,3-10,17H2,1-2H3. The summed E-state index contributed by atoms with van der Waals surface area (Å²) in [5.74, 6) is 3.68. The Labute approximate surface area is 121 Å². The summed E-state index contributed by atoms with van der Waals surface area (Å²) in [5.41, 5.74) is 6.14. The Balaban J connectivity index is 1.70. The van der Waals surface area contributed by atoms with Gasteiger partial charge in [0.05, 0.1) is 5.54 Å². The van der Waals surface area contributed by atoms with Crippen LogP contribution in [0.4, 0.5) is 0 Å². The van der Waals surface area contributed by atoms with Gasteiger partial charge in [-0.1, -0.05) is 25.4 Å². The van der Waals surface area contributed by atoms with Crippen molar-refractivity contribution in [2.45, 2.75) is 76.7 Å². The van der Waals surface area contributed by atoms with Gasteiger partial charge in [-0.2, -0.15) is 4.98 Å². The Hall–Kier alpha value is -0.900. The van der Waals surface area contributed by atoms with Crippen LogP contribution in [0.1, 0.15) is 82.8 Å². The highest BCUT2D eigenvalue weighted by molar-refractivity contribution is 5.07. The van der Waals surface area contributed by atoms with Gasteiger partial charge in [0.15, 0.2) is 5.82 Å². The summed E-state index contributed by atoms with van der Waals surface area (Å²) in [5, 5.41) is 4.24. The average Bonchev–Trinajstić information content (AvgIpc) is 3.10. The molecule has 0 amide bonds. The SMILES string of the molecule is CCC1CCC(c2noc(C3(N)CCC(C)CC3)n2)C1. The second kappa shape index (κ2) is 5.47. The number of aromatic nitrogens is 2. The molecule has 2 aliphatic rings. The first-order valence-corrected chi connectivity index (χ1v) is 8.23. The molecule has 0 saturated heterocycles. The van der Waals surface area contributed by atoms with Crippen LogP contribution in [0.25, 0.3) is 0 Å². The van der Waals surface area contributed by atoms with E-state index in [-0.39, 0.29) is 5.54 Å². The van der Waals surface area contributed by atoms with E-state index < -0.39 is 0 Å². The maximum Gasteiger partial charge on any atom is 0.246 e. The lowest BCUT2D eigenvalue weighted by molar-refractivity contribution is 0.190. The number of hydrogen-bond donors (Lipinski definition) is 1. The molecule has 4 heteroatoms. The topological polar surface area (TPSA) is 64.9 Å². The van der Waals surface area contributed by atoms with Crippen molar-refractivity contribution in [3.8, 4) is 0 Å². The van der Waals surface area contributed by atoms with Crippen LogP contribution in [0.2, 0.25) is 0 Å². The Morgan fingerprint density at radius 3 is 2.65 bits per heavy atom. The minimum Gasteiger partial charge on any atom is -0.337 e. The fourth-order valence-electron chi connectivity index (χ4n) is 3.77. The van der Waals surface area contributed by atoms with E-state index in [4.69, 9.17) is 10.3 Å². The number of rotatable bonds is 3. The van der Waals surface area contributed by atoms with E-state index >= 15 is 0 Å². The molecular weight excluding hydrogens is 250 g/mol. The van der Waals surface area contributed by atoms with Crippen molar-refractivity contribution in [3.05, 3.63) is 11.7 Å². The van der Waals surface area contributed by atoms with Gasteiger partial charge >= 0.3 is 0 Å². The highest BCUT2D eigenvalue weighted by atomic mass is 16.5. The zero-order valence-corrected chi connectivity index (χ0v) is 12.8. The van der Waals surface area contributed by atoms with Gasteiger partial charge in [-0.3, -0.25) is 0 Å². The smallest absolute Gasteiger partial charge is 0.246 e. The molecule has 1 heterocycles. The van der Waals surface area contributed by atoms with E-state index in [2.05, 4.69) is 24.0 Å². The summed E-state index contributed by atoms with van der Waals surface area (Å²) in [6.45, 7) is 4.56. The van der Waals surface area contributed by atoms with Gasteiger partial charge in [-0.15, -0.1) is 0 Å². The first-order chi connectivity index (χ1) is 9.60. The molecule has 0 spiro atoms. The summed E-state index contributed by atoms with van der Waals surface area (Å²) in [6, 6.07) is 0. The van der Waals surface area contributed by atoms with E-state index in [1.54, 1.807) is 0 Å². The molecule has 4 nitrogen and oxygen atoms in total. The molecule has 1 aromatic heterocycles. The molecule has 2 fully saturated rings. The second-order valence-electron chi connectivity index (χ2n) is 7.08. The Morgan fingerprint density at radius 1 is 1.25 bits per heavy atom. The molecule has 2 unspecified atom stereocenters. The van der Waals surface area contributed by atoms with Crippen LogP contribution < -0.4 is 5.73 Å². The van der Waals surface area contributed by atoms with Crippen molar-refractivity contribution in [1.29, 1.82) is 0 Å². The van der Waals surface area contributed by atoms with Crippen molar-refractivity contribution >= 4 is 0 Å². The number of nitrogens with two attached hydrogens (primary N) is 1. The zero-order chi connectivity index (χ0) is 14.2. The summed E-state index contributed by atoms with van der Waals surface area (Å²) >= 11 is 0. The lowest BCUT2D eigenvalue weighted by Gasteiger charge is -2.32. The quantitative estimate of drug-likeness (QED) is 0.914. The minimum absolute atomic E-state index is 0.374. The van der Waals surface area contributed by atoms with E-state index in [0.717, 1.165) is 43.3 Å². The van der Waals surface area contributed by atoms with Gasteiger partial charge in [0.2, 0.25) is 5.89 Å². The summed E-state index contributed by atoms with van der Waals surface area (Å²) < 4.78 is 5.54. The molecule has 0 aliphatic heterocycles. The predicted molar refractivity (Wildman–Crippen MR) is 78.2 cm³/mol. The summed E-state index contributed by atoms with van der Waals surface area (Å²) in [7, 11) is 0. The van der Waals surface area contributed by atoms with Crippen molar-refractivity contribution in [2.24, 2.45) is 17.6 Å². The first-order valence-electron chi connectivity index (χ1n) is 8.23. The second-order valence-corrected chi connectivity index (χ2v) is 7.08. The number of hydrogen-bond acceptors (Lipinski definition) is 4. The van der Waals surface area contributed by atoms with Gasteiger partial charge in [-0.25, -0.2) is 0 Å². The van der Waals surface area contributed by atoms with E-state index in [1.807, 2.05) is 0 Å². The third kappa shape index (κ3) is 2.62. The zero-order valence-electron chi connectivity index (χ0n) is 12.8. The van der Waals surface area contributed by atoms with Gasteiger partial charge in [-0.05, 0) is 56.8 Å². The fraction of sp³-hybridized carbons (Fsp3) is 0.875. The van der Waals surface area contributed by atoms with Gasteiger partial charge in [0.1, 0.15) is 0 Å². The molecule has 1 aromatic rings. The van der Waals surface area contributed by atoms with Crippen LogP contribution in [0.15, 0.2) is 4.52 Å². The molecule has 0 radical (unpaired) electrons. The van der Waals surface area contributed by atoms with Gasteiger partial charge in [0, 0.05) is 5.92 Å². The normalized spacial score (nSPS) is 38.2. The van der Waals surface area contributed by atoms with Crippen LogP contribution in [0, 0.1) is 11.8 Å². The van der Waals surface area contributed by atoms with Crippen molar-refractivity contribution < 1.29 is 4.52 Å². The maximum atomic E-state index is 6.51. The molecule has 112 valence electrons. The predicted octanol–water partition coefficient (Wildman–Crippen LogP) is 3.73. The number of nitrogens with zero attached hydrogens (tertiary/aromatic N) is 2. The van der Waals surface area contributed by atoms with Crippen LogP contribution in [0.3, 0.4) is 0 Å². The Bertz CT molecular complexity index is 448. The fourth-order valence-corrected chi connectivity index (χ4v) is 3.77. The third-order valence-corrected chi connectivity index (χ3v) is 5.52. The molecule has 20 heavy (non-hydrogen) atoms. The largest absolute Gasteiger partial charge is 0.337 e. The average molecular weight is 277 g/mol. The van der Waals surface area contributed by atoms with Crippen molar-refractivity contribution in [1.82, 2.24) is 10.1 Å².